The Labute approximate surface area is 168 Å². The molecule has 0 N–H and O–H groups in total. The van der Waals surface area contributed by atoms with E-state index in [-0.39, 0.29) is 5.82 Å². The first kappa shape index (κ1) is 19.1. The number of hydrogen-bond donors (Lipinski definition) is 0. The van der Waals surface area contributed by atoms with Crippen molar-refractivity contribution in [1.82, 2.24) is 4.98 Å². The lowest BCUT2D eigenvalue weighted by molar-refractivity contribution is 0.577. The number of piperidine rings is 1. The van der Waals surface area contributed by atoms with Crippen molar-refractivity contribution < 1.29 is 12.8 Å². The fourth-order valence-corrected chi connectivity index (χ4v) is 5.16. The molecule has 0 atom stereocenters. The summed E-state index contributed by atoms with van der Waals surface area (Å²) in [7, 11) is -3.24. The molecule has 0 amide bonds. The summed E-state index contributed by atoms with van der Waals surface area (Å²) >= 11 is 1.60. The lowest BCUT2D eigenvalue weighted by Crippen LogP contribution is -2.29. The lowest BCUT2D eigenvalue weighted by atomic mass is 10.1. The van der Waals surface area contributed by atoms with Gasteiger partial charge in [0.05, 0.1) is 15.5 Å². The zero-order valence-corrected chi connectivity index (χ0v) is 17.2. The van der Waals surface area contributed by atoms with Gasteiger partial charge in [0.15, 0.2) is 15.0 Å². The predicted octanol–water partition coefficient (Wildman–Crippen LogP) is 5.01. The van der Waals surface area contributed by atoms with Crippen molar-refractivity contribution in [3.63, 3.8) is 0 Å². The van der Waals surface area contributed by atoms with E-state index in [1.165, 1.54) is 24.8 Å². The molecule has 0 spiro atoms. The van der Waals surface area contributed by atoms with Crippen LogP contribution < -0.4 is 4.90 Å². The van der Waals surface area contributed by atoms with Gasteiger partial charge in [0, 0.05) is 24.9 Å². The van der Waals surface area contributed by atoms with Gasteiger partial charge in [0.25, 0.3) is 0 Å². The van der Waals surface area contributed by atoms with Crippen LogP contribution in [0.5, 0.6) is 0 Å². The Bertz CT molecular complexity index is 1070. The van der Waals surface area contributed by atoms with Crippen molar-refractivity contribution in [2.75, 3.05) is 24.2 Å². The Hall–Kier alpha value is -2.25. The van der Waals surface area contributed by atoms with Crippen LogP contribution in [0.2, 0.25) is 0 Å². The highest BCUT2D eigenvalue weighted by Gasteiger charge is 2.20. The summed E-state index contributed by atoms with van der Waals surface area (Å²) < 4.78 is 36.9. The molecule has 2 heterocycles. The molecular formula is C21H21FN2O2S2. The van der Waals surface area contributed by atoms with Gasteiger partial charge in [-0.3, -0.25) is 0 Å². The van der Waals surface area contributed by atoms with Crippen molar-refractivity contribution in [2.45, 2.75) is 24.2 Å². The van der Waals surface area contributed by atoms with E-state index in [4.69, 9.17) is 4.98 Å². The van der Waals surface area contributed by atoms with E-state index in [0.717, 1.165) is 52.8 Å². The smallest absolute Gasteiger partial charge is 0.186 e. The quantitative estimate of drug-likeness (QED) is 0.600. The average Bonchev–Trinajstić information content (AvgIpc) is 3.14. The molecule has 28 heavy (non-hydrogen) atoms. The number of hydrogen-bond acceptors (Lipinski definition) is 5. The second-order valence-corrected chi connectivity index (χ2v) is 10.0. The maximum absolute atomic E-state index is 13.4. The third-order valence-electron chi connectivity index (χ3n) is 4.90. The number of nitrogens with zero attached hydrogens (tertiary/aromatic N) is 2. The van der Waals surface area contributed by atoms with Crippen LogP contribution in [0.15, 0.2) is 53.4 Å². The molecule has 0 unspecified atom stereocenters. The normalized spacial score (nSPS) is 15.0. The van der Waals surface area contributed by atoms with Gasteiger partial charge in [-0.15, -0.1) is 0 Å². The summed E-state index contributed by atoms with van der Waals surface area (Å²) in [6.45, 7) is 1.98. The van der Waals surface area contributed by atoms with Crippen molar-refractivity contribution in [3.05, 3.63) is 54.3 Å². The lowest BCUT2D eigenvalue weighted by Gasteiger charge is -2.25. The number of aromatic nitrogens is 1. The Morgan fingerprint density at radius 3 is 2.14 bits per heavy atom. The van der Waals surface area contributed by atoms with E-state index in [1.807, 2.05) is 12.1 Å². The standard InChI is InChI=1S/C21H21FN2O2S2/c1-28(25,26)18-11-7-16(8-12-18)20-19(15-5-9-17(22)10-6-15)23-21(27-20)24-13-3-2-4-14-24/h5-12H,2-4,13-14H2,1H3. The van der Waals surface area contributed by atoms with E-state index >= 15 is 0 Å². The minimum atomic E-state index is -3.24. The Morgan fingerprint density at radius 1 is 0.929 bits per heavy atom. The highest BCUT2D eigenvalue weighted by molar-refractivity contribution is 7.90. The van der Waals surface area contributed by atoms with Gasteiger partial charge in [-0.1, -0.05) is 23.5 Å². The highest BCUT2D eigenvalue weighted by Crippen LogP contribution is 2.41. The summed E-state index contributed by atoms with van der Waals surface area (Å²) in [6, 6.07) is 13.2. The largest absolute Gasteiger partial charge is 0.348 e. The number of rotatable bonds is 4. The molecule has 1 saturated heterocycles. The third kappa shape index (κ3) is 3.95. The molecule has 4 nitrogen and oxygen atoms in total. The highest BCUT2D eigenvalue weighted by atomic mass is 32.2. The maximum atomic E-state index is 13.4. The van der Waals surface area contributed by atoms with Crippen LogP contribution in [0.1, 0.15) is 19.3 Å². The van der Waals surface area contributed by atoms with Gasteiger partial charge in [-0.25, -0.2) is 17.8 Å². The van der Waals surface area contributed by atoms with Crippen LogP contribution in [0.4, 0.5) is 9.52 Å². The number of benzene rings is 2. The second-order valence-electron chi connectivity index (χ2n) is 7.03. The zero-order valence-electron chi connectivity index (χ0n) is 15.6. The molecular weight excluding hydrogens is 395 g/mol. The van der Waals surface area contributed by atoms with Crippen LogP contribution in [0.25, 0.3) is 21.7 Å². The van der Waals surface area contributed by atoms with Crippen molar-refractivity contribution in [1.29, 1.82) is 0 Å². The van der Waals surface area contributed by atoms with E-state index in [0.29, 0.717) is 4.90 Å². The first-order valence-electron chi connectivity index (χ1n) is 9.24. The number of sulfone groups is 1. The number of thiazole rings is 1. The summed E-state index contributed by atoms with van der Waals surface area (Å²) in [6.07, 6.45) is 4.76. The van der Waals surface area contributed by atoms with Crippen LogP contribution in [-0.2, 0) is 9.84 Å². The Balaban J connectivity index is 1.79. The van der Waals surface area contributed by atoms with Gasteiger partial charge in [0.1, 0.15) is 5.82 Å². The minimum Gasteiger partial charge on any atom is -0.348 e. The third-order valence-corrected chi connectivity index (χ3v) is 7.20. The summed E-state index contributed by atoms with van der Waals surface area (Å²) in [4.78, 5) is 8.44. The molecule has 1 aromatic heterocycles. The van der Waals surface area contributed by atoms with Gasteiger partial charge in [-0.05, 0) is 61.2 Å². The molecule has 0 bridgehead atoms. The average molecular weight is 417 g/mol. The zero-order chi connectivity index (χ0) is 19.7. The van der Waals surface area contributed by atoms with E-state index < -0.39 is 9.84 Å². The van der Waals surface area contributed by atoms with Crippen molar-refractivity contribution in [3.8, 4) is 21.7 Å². The van der Waals surface area contributed by atoms with E-state index in [1.54, 1.807) is 35.6 Å². The molecule has 7 heteroatoms. The molecule has 1 fully saturated rings. The first-order chi connectivity index (χ1) is 13.4. The summed E-state index contributed by atoms with van der Waals surface area (Å²) in [5.41, 5.74) is 2.56. The second kappa shape index (κ2) is 7.64. The van der Waals surface area contributed by atoms with Crippen molar-refractivity contribution in [2.24, 2.45) is 0 Å². The van der Waals surface area contributed by atoms with Crippen molar-refractivity contribution >= 4 is 26.3 Å². The van der Waals surface area contributed by atoms with Gasteiger partial charge in [0.2, 0.25) is 0 Å². The molecule has 4 rings (SSSR count). The fraction of sp³-hybridized carbons (Fsp3) is 0.286. The number of halogens is 1. The molecule has 3 aromatic rings. The summed E-state index contributed by atoms with van der Waals surface area (Å²) in [5, 5.41) is 0.959. The van der Waals surface area contributed by atoms with Crippen LogP contribution >= 0.6 is 11.3 Å². The first-order valence-corrected chi connectivity index (χ1v) is 11.9. The molecule has 1 aliphatic heterocycles. The topological polar surface area (TPSA) is 50.3 Å². The SMILES string of the molecule is CS(=O)(=O)c1ccc(-c2sc(N3CCCCC3)nc2-c2ccc(F)cc2)cc1. The Kier molecular flexibility index (Phi) is 5.21. The summed E-state index contributed by atoms with van der Waals surface area (Å²) in [5.74, 6) is -0.283. The molecule has 0 aliphatic carbocycles. The minimum absolute atomic E-state index is 0.283. The Morgan fingerprint density at radius 2 is 1.54 bits per heavy atom. The predicted molar refractivity (Wildman–Crippen MR) is 112 cm³/mol. The molecule has 2 aromatic carbocycles. The fourth-order valence-electron chi connectivity index (χ4n) is 3.38. The molecule has 0 radical (unpaired) electrons. The van der Waals surface area contributed by atoms with Crippen LogP contribution in [0, 0.1) is 5.82 Å². The van der Waals surface area contributed by atoms with Gasteiger partial charge >= 0.3 is 0 Å². The van der Waals surface area contributed by atoms with E-state index in [9.17, 15) is 12.8 Å². The van der Waals surface area contributed by atoms with Gasteiger partial charge < -0.3 is 4.90 Å². The van der Waals surface area contributed by atoms with Crippen LogP contribution in [-0.4, -0.2) is 32.7 Å². The maximum Gasteiger partial charge on any atom is 0.186 e. The van der Waals surface area contributed by atoms with Crippen LogP contribution in [0.3, 0.4) is 0 Å². The van der Waals surface area contributed by atoms with E-state index in [2.05, 4.69) is 4.90 Å². The number of anilines is 1. The monoisotopic (exact) mass is 416 g/mol. The molecule has 1 aliphatic rings. The molecule has 0 saturated carbocycles. The molecule has 146 valence electrons. The van der Waals surface area contributed by atoms with Gasteiger partial charge in [-0.2, -0.15) is 0 Å².